The predicted molar refractivity (Wildman–Crippen MR) is 80.5 cm³/mol. The van der Waals surface area contributed by atoms with Crippen LogP contribution in [0.15, 0.2) is 36.9 Å². The number of fused-ring (bicyclic) bond motifs is 3. The third-order valence-electron chi connectivity index (χ3n) is 4.82. The molecule has 1 N–H and O–H groups in total. The van der Waals surface area contributed by atoms with Crippen LogP contribution in [0.1, 0.15) is 23.2 Å². The minimum Gasteiger partial charge on any atom is -0.350 e. The number of nitrogens with one attached hydrogen (secondary N) is 1. The molecule has 3 heterocycles. The van der Waals surface area contributed by atoms with E-state index in [0.717, 1.165) is 19.5 Å². The summed E-state index contributed by atoms with van der Waals surface area (Å²) in [6, 6.07) is 6.22. The topological polar surface area (TPSA) is 32.3 Å². The highest BCUT2D eigenvalue weighted by Gasteiger charge is 2.38. The van der Waals surface area contributed by atoms with Crippen molar-refractivity contribution in [3.8, 4) is 0 Å². The quantitative estimate of drug-likeness (QED) is 0.863. The van der Waals surface area contributed by atoms with Crippen LogP contribution in [0.2, 0.25) is 0 Å². The fourth-order valence-electron chi connectivity index (χ4n) is 3.60. The van der Waals surface area contributed by atoms with Crippen molar-refractivity contribution in [2.45, 2.75) is 18.9 Å². The Bertz CT molecular complexity index is 545. The van der Waals surface area contributed by atoms with Crippen molar-refractivity contribution in [1.82, 2.24) is 10.2 Å². The number of nitrogens with zero attached hydrogens (tertiary/aromatic N) is 1. The largest absolute Gasteiger partial charge is 0.350 e. The number of hydrogen-bond acceptors (Lipinski definition) is 2. The molecule has 2 bridgehead atoms. The molecule has 0 spiro atoms. The average Bonchev–Trinajstić information content (AvgIpc) is 2.53. The van der Waals surface area contributed by atoms with E-state index in [1.54, 1.807) is 12.1 Å². The van der Waals surface area contributed by atoms with Crippen LogP contribution < -0.4 is 5.32 Å². The maximum Gasteiger partial charge on any atom is 0.251 e. The maximum atomic E-state index is 13.1. The first-order valence-electron chi connectivity index (χ1n) is 7.57. The molecule has 21 heavy (non-hydrogen) atoms. The van der Waals surface area contributed by atoms with Crippen LogP contribution in [0.5, 0.6) is 0 Å². The van der Waals surface area contributed by atoms with Gasteiger partial charge in [0.2, 0.25) is 0 Å². The molecule has 0 aliphatic carbocycles. The Hall–Kier alpha value is -1.68. The number of halogens is 1. The molecule has 0 saturated carbocycles. The number of hydrogen-bond donors (Lipinski definition) is 1. The third kappa shape index (κ3) is 3.00. The van der Waals surface area contributed by atoms with Crippen molar-refractivity contribution in [3.05, 3.63) is 48.3 Å². The molecule has 3 aliphatic heterocycles. The number of carbonyl (C=O) groups is 1. The van der Waals surface area contributed by atoms with Crippen molar-refractivity contribution >= 4 is 5.91 Å². The molecule has 0 radical (unpaired) electrons. The number of piperidine rings is 3. The molecule has 4 atom stereocenters. The predicted octanol–water partition coefficient (Wildman–Crippen LogP) is 2.45. The van der Waals surface area contributed by atoms with Crippen molar-refractivity contribution < 1.29 is 9.18 Å². The lowest BCUT2D eigenvalue weighted by Gasteiger charge is -2.49. The highest BCUT2D eigenvalue weighted by Crippen LogP contribution is 2.36. The van der Waals surface area contributed by atoms with Gasteiger partial charge in [-0.15, -0.1) is 6.58 Å². The van der Waals surface area contributed by atoms with E-state index >= 15 is 0 Å². The molecule has 3 fully saturated rings. The van der Waals surface area contributed by atoms with Gasteiger partial charge in [0.25, 0.3) is 5.91 Å². The van der Waals surface area contributed by atoms with Gasteiger partial charge in [-0.25, -0.2) is 4.39 Å². The van der Waals surface area contributed by atoms with E-state index < -0.39 is 0 Å². The molecule has 3 saturated heterocycles. The maximum absolute atomic E-state index is 13.1. The van der Waals surface area contributed by atoms with Crippen molar-refractivity contribution in [2.75, 3.05) is 19.6 Å². The Morgan fingerprint density at radius 3 is 3.05 bits per heavy atom. The smallest absolute Gasteiger partial charge is 0.251 e. The van der Waals surface area contributed by atoms with Gasteiger partial charge in [-0.3, -0.25) is 9.69 Å². The van der Waals surface area contributed by atoms with Crippen LogP contribution in [0.25, 0.3) is 0 Å². The van der Waals surface area contributed by atoms with Gasteiger partial charge in [0, 0.05) is 24.7 Å². The van der Waals surface area contributed by atoms with Crippen LogP contribution in [0, 0.1) is 17.7 Å². The van der Waals surface area contributed by atoms with Gasteiger partial charge in [-0.05, 0) is 49.4 Å². The average molecular weight is 288 g/mol. The van der Waals surface area contributed by atoms with E-state index in [1.165, 1.54) is 18.6 Å². The van der Waals surface area contributed by atoms with Gasteiger partial charge in [0.05, 0.1) is 0 Å². The summed E-state index contributed by atoms with van der Waals surface area (Å²) in [7, 11) is 0. The van der Waals surface area contributed by atoms with Gasteiger partial charge >= 0.3 is 0 Å². The summed E-state index contributed by atoms with van der Waals surface area (Å²) < 4.78 is 13.1. The monoisotopic (exact) mass is 288 g/mol. The Morgan fingerprint density at radius 2 is 2.38 bits per heavy atom. The van der Waals surface area contributed by atoms with Crippen molar-refractivity contribution in [3.63, 3.8) is 0 Å². The minimum atomic E-state index is -0.378. The summed E-state index contributed by atoms with van der Waals surface area (Å²) in [5.41, 5.74) is 0.384. The molecule has 0 aromatic heterocycles. The zero-order valence-electron chi connectivity index (χ0n) is 12.1. The molecule has 112 valence electrons. The first kappa shape index (κ1) is 14.3. The second-order valence-electron chi connectivity index (χ2n) is 6.05. The Balaban J connectivity index is 1.56. The molecule has 4 heteroatoms. The highest BCUT2D eigenvalue weighted by molar-refractivity contribution is 5.94. The Labute approximate surface area is 124 Å². The molecule has 4 unspecified atom stereocenters. The van der Waals surface area contributed by atoms with Gasteiger partial charge in [-0.1, -0.05) is 12.1 Å². The van der Waals surface area contributed by atoms with Crippen LogP contribution in [0.3, 0.4) is 0 Å². The lowest BCUT2D eigenvalue weighted by Crippen LogP contribution is -2.56. The SMILES string of the molecule is C=CC1CN2CCC1CC2CNC(=O)c1cccc(F)c1. The highest BCUT2D eigenvalue weighted by atomic mass is 19.1. The molecule has 1 amide bonds. The summed E-state index contributed by atoms with van der Waals surface area (Å²) in [6.45, 7) is 6.71. The first-order valence-corrected chi connectivity index (χ1v) is 7.57. The fraction of sp³-hybridized carbons (Fsp3) is 0.471. The zero-order valence-corrected chi connectivity index (χ0v) is 12.1. The van der Waals surface area contributed by atoms with Crippen molar-refractivity contribution in [1.29, 1.82) is 0 Å². The van der Waals surface area contributed by atoms with Gasteiger partial charge in [0.1, 0.15) is 5.82 Å². The molecule has 3 aliphatic rings. The van der Waals surface area contributed by atoms with E-state index in [4.69, 9.17) is 0 Å². The Kier molecular flexibility index (Phi) is 4.06. The number of rotatable bonds is 4. The van der Waals surface area contributed by atoms with Gasteiger partial charge in [-0.2, -0.15) is 0 Å². The standard InChI is InChI=1S/C17H21FN2O/c1-2-12-11-20-7-6-13(12)9-16(20)10-19-17(21)14-4-3-5-15(18)8-14/h2-5,8,12-13,16H,1,6-7,9-11H2,(H,19,21). The normalized spacial score (nSPS) is 30.9. The Morgan fingerprint density at radius 1 is 1.52 bits per heavy atom. The van der Waals surface area contributed by atoms with E-state index in [9.17, 15) is 9.18 Å². The van der Waals surface area contributed by atoms with Gasteiger partial charge < -0.3 is 5.32 Å². The summed E-state index contributed by atoms with van der Waals surface area (Å²) in [6.07, 6.45) is 4.41. The summed E-state index contributed by atoms with van der Waals surface area (Å²) in [4.78, 5) is 14.5. The molecule has 1 aromatic carbocycles. The van der Waals surface area contributed by atoms with Crippen LogP contribution in [0.4, 0.5) is 4.39 Å². The first-order chi connectivity index (χ1) is 10.2. The van der Waals surface area contributed by atoms with E-state index in [0.29, 0.717) is 30.0 Å². The number of amides is 1. The summed E-state index contributed by atoms with van der Waals surface area (Å²) >= 11 is 0. The molecule has 1 aromatic rings. The molecular weight excluding hydrogens is 267 g/mol. The lowest BCUT2D eigenvalue weighted by atomic mass is 9.75. The molecule has 4 rings (SSSR count). The minimum absolute atomic E-state index is 0.197. The van der Waals surface area contributed by atoms with Gasteiger partial charge in [0.15, 0.2) is 0 Å². The van der Waals surface area contributed by atoms with Crippen molar-refractivity contribution in [2.24, 2.45) is 11.8 Å². The summed E-state index contributed by atoms with van der Waals surface area (Å²) in [5, 5.41) is 2.94. The van der Waals surface area contributed by atoms with Crippen LogP contribution in [-0.4, -0.2) is 36.5 Å². The third-order valence-corrected chi connectivity index (χ3v) is 4.82. The molecular formula is C17H21FN2O. The second kappa shape index (κ2) is 5.98. The van der Waals surface area contributed by atoms with E-state index in [-0.39, 0.29) is 11.7 Å². The van der Waals surface area contributed by atoms with Crippen LogP contribution >= 0.6 is 0 Å². The molecule has 3 nitrogen and oxygen atoms in total. The van der Waals surface area contributed by atoms with E-state index in [1.807, 2.05) is 0 Å². The van der Waals surface area contributed by atoms with E-state index in [2.05, 4.69) is 22.9 Å². The lowest BCUT2D eigenvalue weighted by molar-refractivity contribution is 0.0195. The second-order valence-corrected chi connectivity index (χ2v) is 6.05. The zero-order chi connectivity index (χ0) is 14.8. The number of carbonyl (C=O) groups excluding carboxylic acids is 1. The number of benzene rings is 1. The summed E-state index contributed by atoms with van der Waals surface area (Å²) in [5.74, 6) is 0.715. The van der Waals surface area contributed by atoms with Crippen LogP contribution in [-0.2, 0) is 0 Å². The fourth-order valence-corrected chi connectivity index (χ4v) is 3.60.